The Kier molecular flexibility index (Phi) is 7.01. The predicted octanol–water partition coefficient (Wildman–Crippen LogP) is 6.92. The van der Waals surface area contributed by atoms with Gasteiger partial charge in [-0.3, -0.25) is 9.80 Å². The summed E-state index contributed by atoms with van der Waals surface area (Å²) in [7, 11) is 2.18. The van der Waals surface area contributed by atoms with E-state index in [2.05, 4.69) is 82.7 Å². The third-order valence-electron chi connectivity index (χ3n) is 10.9. The summed E-state index contributed by atoms with van der Waals surface area (Å²) in [6.45, 7) is 6.85. The predicted molar refractivity (Wildman–Crippen MR) is 179 cm³/mol. The molecule has 9 heteroatoms. The van der Waals surface area contributed by atoms with Gasteiger partial charge in [0.2, 0.25) is 5.95 Å². The number of fused-ring (bicyclic) bond motifs is 1. The van der Waals surface area contributed by atoms with Gasteiger partial charge in [-0.05, 0) is 118 Å². The zero-order valence-corrected chi connectivity index (χ0v) is 26.9. The van der Waals surface area contributed by atoms with Crippen molar-refractivity contribution in [2.24, 2.45) is 17.8 Å². The average molecular weight is 610 g/mol. The smallest absolute Gasteiger partial charge is 0.331 e. The molecule has 1 saturated heterocycles. The van der Waals surface area contributed by atoms with Crippen molar-refractivity contribution >= 4 is 46.6 Å². The Bertz CT molecular complexity index is 1530. The molecular formula is C35H43N7OS. The fourth-order valence-corrected chi connectivity index (χ4v) is 9.82. The Morgan fingerprint density at radius 2 is 1.61 bits per heavy atom. The van der Waals surface area contributed by atoms with Crippen molar-refractivity contribution in [1.82, 2.24) is 14.9 Å². The van der Waals surface area contributed by atoms with Crippen molar-refractivity contribution < 1.29 is 4.79 Å². The van der Waals surface area contributed by atoms with Crippen LogP contribution in [0.2, 0.25) is 0 Å². The molecule has 230 valence electrons. The van der Waals surface area contributed by atoms with Crippen molar-refractivity contribution in [1.29, 1.82) is 0 Å². The number of hydrogen-bond donors (Lipinski definition) is 1. The molecule has 0 spiro atoms. The van der Waals surface area contributed by atoms with E-state index in [9.17, 15) is 4.79 Å². The lowest BCUT2D eigenvalue weighted by molar-refractivity contribution is -0.000910. The molecule has 2 aliphatic heterocycles. The van der Waals surface area contributed by atoms with Crippen LogP contribution in [0.4, 0.5) is 33.6 Å². The van der Waals surface area contributed by atoms with Crippen LogP contribution in [0.25, 0.3) is 0 Å². The molecule has 0 radical (unpaired) electrons. The van der Waals surface area contributed by atoms with Gasteiger partial charge < -0.3 is 15.1 Å². The number of nitrogens with one attached hydrogen (secondary N) is 1. The van der Waals surface area contributed by atoms with Crippen molar-refractivity contribution in [3.63, 3.8) is 0 Å². The maximum absolute atomic E-state index is 14.8. The van der Waals surface area contributed by atoms with E-state index in [0.29, 0.717) is 30.2 Å². The van der Waals surface area contributed by atoms with Gasteiger partial charge >= 0.3 is 6.03 Å². The first kappa shape index (κ1) is 28.2. The van der Waals surface area contributed by atoms with E-state index in [1.54, 1.807) is 11.8 Å². The largest absolute Gasteiger partial charge is 0.369 e. The number of aromatic nitrogens is 2. The first-order valence-electron chi connectivity index (χ1n) is 16.3. The van der Waals surface area contributed by atoms with Crippen LogP contribution < -0.4 is 20.0 Å². The van der Waals surface area contributed by atoms with Crippen LogP contribution >= 0.6 is 11.8 Å². The Morgan fingerprint density at radius 1 is 0.932 bits per heavy atom. The zero-order chi connectivity index (χ0) is 30.0. The molecule has 0 atom stereocenters. The average Bonchev–Trinajstić information content (AvgIpc) is 3.01. The second-order valence-electron chi connectivity index (χ2n) is 14.0. The zero-order valence-electron chi connectivity index (χ0n) is 26.1. The standard InChI is InChI=1S/C35H43N7OS/c1-23-4-9-30(31(14-23)44-3)41-22-27-21-36-33(37-28-5-7-29(8-6-28)40-12-10-39(2)11-13-40)38-32(27)42(34(41)43)35-18-24-15-25(19-35)17-26(16-24)20-35/h4-9,14,21,24-26H,10-13,15-20,22H2,1-3H3,(H,36,37,38). The van der Waals surface area contributed by atoms with Gasteiger partial charge in [-0.15, -0.1) is 11.8 Å². The summed E-state index contributed by atoms with van der Waals surface area (Å²) in [4.78, 5) is 34.8. The molecule has 8 nitrogen and oxygen atoms in total. The summed E-state index contributed by atoms with van der Waals surface area (Å²) < 4.78 is 0. The number of likely N-dealkylation sites (N-methyl/N-ethyl adjacent to an activating group) is 1. The second kappa shape index (κ2) is 10.9. The van der Waals surface area contributed by atoms with Gasteiger partial charge in [-0.25, -0.2) is 9.78 Å². The number of carbonyl (C=O) groups is 1. The summed E-state index contributed by atoms with van der Waals surface area (Å²) in [5, 5.41) is 3.46. The lowest BCUT2D eigenvalue weighted by Gasteiger charge is -2.61. The number of carbonyl (C=O) groups excluding carboxylic acids is 1. The fraction of sp³-hybridized carbons (Fsp3) is 0.514. The molecule has 2 aromatic carbocycles. The van der Waals surface area contributed by atoms with E-state index < -0.39 is 0 Å². The van der Waals surface area contributed by atoms with Gasteiger partial charge in [0.1, 0.15) is 5.82 Å². The first-order valence-corrected chi connectivity index (χ1v) is 17.5. The third kappa shape index (κ3) is 4.92. The number of anilines is 5. The van der Waals surface area contributed by atoms with Crippen LogP contribution in [-0.2, 0) is 6.54 Å². The Morgan fingerprint density at radius 3 is 2.27 bits per heavy atom. The van der Waals surface area contributed by atoms with E-state index in [0.717, 1.165) is 73.1 Å². The molecule has 0 unspecified atom stereocenters. The minimum Gasteiger partial charge on any atom is -0.369 e. The molecule has 9 rings (SSSR count). The number of nitrogens with zero attached hydrogens (tertiary/aromatic N) is 6. The van der Waals surface area contributed by atoms with Crippen LogP contribution in [0.5, 0.6) is 0 Å². The van der Waals surface area contributed by atoms with Crippen LogP contribution in [0.1, 0.15) is 49.7 Å². The molecular weight excluding hydrogens is 567 g/mol. The van der Waals surface area contributed by atoms with E-state index in [-0.39, 0.29) is 11.6 Å². The number of benzene rings is 2. The van der Waals surface area contributed by atoms with Gasteiger partial charge in [-0.1, -0.05) is 6.07 Å². The molecule has 2 amide bonds. The first-order chi connectivity index (χ1) is 21.4. The molecule has 44 heavy (non-hydrogen) atoms. The molecule has 3 aromatic rings. The fourth-order valence-electron chi connectivity index (χ4n) is 9.12. The number of rotatable bonds is 6. The lowest BCUT2D eigenvalue weighted by Crippen LogP contribution is -2.65. The minimum absolute atomic E-state index is 0.0692. The molecule has 5 fully saturated rings. The topological polar surface area (TPSA) is 67.8 Å². The van der Waals surface area contributed by atoms with Crippen LogP contribution in [0.3, 0.4) is 0 Å². The second-order valence-corrected chi connectivity index (χ2v) is 14.9. The van der Waals surface area contributed by atoms with E-state index in [4.69, 9.17) is 9.97 Å². The van der Waals surface area contributed by atoms with E-state index in [1.165, 1.54) is 30.5 Å². The monoisotopic (exact) mass is 609 g/mol. The summed E-state index contributed by atoms with van der Waals surface area (Å²) in [6, 6.07) is 15.1. The highest BCUT2D eigenvalue weighted by molar-refractivity contribution is 7.98. The number of urea groups is 1. The highest BCUT2D eigenvalue weighted by atomic mass is 32.2. The number of amides is 2. The summed E-state index contributed by atoms with van der Waals surface area (Å²) >= 11 is 1.70. The molecule has 4 saturated carbocycles. The molecule has 3 heterocycles. The normalized spacial score (nSPS) is 28.0. The quantitative estimate of drug-likeness (QED) is 0.305. The van der Waals surface area contributed by atoms with Gasteiger partial charge in [0.05, 0.1) is 17.8 Å². The van der Waals surface area contributed by atoms with Crippen molar-refractivity contribution in [2.75, 3.05) is 59.5 Å². The number of aryl methyl sites for hydroxylation is 1. The molecule has 1 aromatic heterocycles. The van der Waals surface area contributed by atoms with Gasteiger partial charge in [0.15, 0.2) is 0 Å². The van der Waals surface area contributed by atoms with Crippen molar-refractivity contribution in [3.8, 4) is 0 Å². The van der Waals surface area contributed by atoms with Crippen LogP contribution in [0.15, 0.2) is 53.6 Å². The Hall–Kier alpha value is -3.30. The third-order valence-corrected chi connectivity index (χ3v) is 11.7. The van der Waals surface area contributed by atoms with Crippen molar-refractivity contribution in [3.05, 3.63) is 59.8 Å². The Labute approximate surface area is 265 Å². The van der Waals surface area contributed by atoms with Crippen molar-refractivity contribution in [2.45, 2.75) is 62.4 Å². The molecule has 1 N–H and O–H groups in total. The molecule has 6 aliphatic rings. The van der Waals surface area contributed by atoms with Crippen LogP contribution in [0, 0.1) is 24.7 Å². The minimum atomic E-state index is -0.167. The molecule has 4 aliphatic carbocycles. The van der Waals surface area contributed by atoms with Gasteiger partial charge in [-0.2, -0.15) is 4.98 Å². The summed E-state index contributed by atoms with van der Waals surface area (Å²) in [6.07, 6.45) is 11.3. The maximum atomic E-state index is 14.8. The Balaban J connectivity index is 1.13. The van der Waals surface area contributed by atoms with E-state index >= 15 is 0 Å². The lowest BCUT2D eigenvalue weighted by atomic mass is 9.52. The maximum Gasteiger partial charge on any atom is 0.331 e. The SMILES string of the molecule is CSc1cc(C)ccc1N1Cc2cnc(Nc3ccc(N4CCN(C)CC4)cc3)nc2N(C23CC4CC(CC(C4)C2)C3)C1=O. The number of hydrogen-bond acceptors (Lipinski definition) is 7. The number of thioether (sulfide) groups is 1. The number of piperazine rings is 1. The van der Waals surface area contributed by atoms with E-state index in [1.807, 2.05) is 11.1 Å². The van der Waals surface area contributed by atoms with Crippen LogP contribution in [-0.4, -0.2) is 65.9 Å². The van der Waals surface area contributed by atoms with Gasteiger partial charge in [0, 0.05) is 54.2 Å². The summed E-state index contributed by atoms with van der Waals surface area (Å²) in [5.41, 5.74) is 5.24. The highest BCUT2D eigenvalue weighted by Gasteiger charge is 2.57. The molecule has 4 bridgehead atoms. The van der Waals surface area contributed by atoms with Gasteiger partial charge in [0.25, 0.3) is 0 Å². The summed E-state index contributed by atoms with van der Waals surface area (Å²) in [5.74, 6) is 3.50. The highest BCUT2D eigenvalue weighted by Crippen LogP contribution is 2.59.